The van der Waals surface area contributed by atoms with E-state index < -0.39 is 0 Å². The first-order valence-electron chi connectivity index (χ1n) is 10.2. The fraction of sp³-hybridized carbons (Fsp3) is 0.455. The first kappa shape index (κ1) is 20.8. The Kier molecular flexibility index (Phi) is 6.80. The summed E-state index contributed by atoms with van der Waals surface area (Å²) in [7, 11) is 0. The minimum atomic E-state index is -0.236. The molecule has 1 saturated heterocycles. The molecular weight excluding hydrogens is 370 g/mol. The van der Waals surface area contributed by atoms with Gasteiger partial charge in [0.05, 0.1) is 23.2 Å². The lowest BCUT2D eigenvalue weighted by Gasteiger charge is -2.15. The Bertz CT molecular complexity index is 807. The van der Waals surface area contributed by atoms with E-state index in [2.05, 4.69) is 10.6 Å². The number of carbonyl (C=O) groups is 4. The summed E-state index contributed by atoms with van der Waals surface area (Å²) < 4.78 is 0. The Morgan fingerprint density at radius 3 is 1.97 bits per heavy atom. The Morgan fingerprint density at radius 2 is 1.45 bits per heavy atom. The number of para-hydroxylation sites is 2. The Labute approximate surface area is 170 Å². The van der Waals surface area contributed by atoms with E-state index >= 15 is 0 Å². The van der Waals surface area contributed by atoms with Crippen LogP contribution in [0.3, 0.4) is 0 Å². The maximum absolute atomic E-state index is 12.4. The van der Waals surface area contributed by atoms with Crippen LogP contribution >= 0.6 is 0 Å². The van der Waals surface area contributed by atoms with Gasteiger partial charge in [0.2, 0.25) is 23.6 Å². The van der Waals surface area contributed by atoms with Gasteiger partial charge in [0, 0.05) is 19.4 Å². The highest BCUT2D eigenvalue weighted by molar-refractivity contribution is 6.05. The first-order chi connectivity index (χ1) is 14.0. The maximum Gasteiger partial charge on any atom is 0.233 e. The molecule has 2 aliphatic rings. The third-order valence-electron chi connectivity index (χ3n) is 5.34. The largest absolute Gasteiger partial charge is 0.324 e. The standard InChI is InChI=1S/C22H27N3O4/c1-2-8-19(26)23-17-11-5-6-12-18(17)24-20(27)13-7-14-25-21(28)15-9-3-4-10-16(15)22(25)29/h3-6,11-12,15-16H,2,7-10,13-14H2,1H3,(H,23,26)(H,24,27)/t15-,16+. The molecule has 1 aromatic rings. The van der Waals surface area contributed by atoms with E-state index in [1.54, 1.807) is 24.3 Å². The first-order valence-corrected chi connectivity index (χ1v) is 10.2. The molecule has 29 heavy (non-hydrogen) atoms. The summed E-state index contributed by atoms with van der Waals surface area (Å²) in [6, 6.07) is 7.03. The van der Waals surface area contributed by atoms with Gasteiger partial charge >= 0.3 is 0 Å². The zero-order valence-electron chi connectivity index (χ0n) is 16.6. The van der Waals surface area contributed by atoms with Gasteiger partial charge in [-0.05, 0) is 37.8 Å². The molecule has 7 heteroatoms. The number of benzene rings is 1. The monoisotopic (exact) mass is 397 g/mol. The van der Waals surface area contributed by atoms with Crippen molar-refractivity contribution in [2.45, 2.75) is 45.4 Å². The minimum absolute atomic E-state index is 0.101. The zero-order chi connectivity index (χ0) is 20.8. The van der Waals surface area contributed by atoms with Crippen LogP contribution in [0.25, 0.3) is 0 Å². The SMILES string of the molecule is CCCC(=O)Nc1ccccc1NC(=O)CCCN1C(=O)[C@H]2CC=CC[C@H]2C1=O. The summed E-state index contributed by atoms with van der Waals surface area (Å²) >= 11 is 0. The van der Waals surface area contributed by atoms with Crippen molar-refractivity contribution >= 4 is 35.0 Å². The normalized spacial score (nSPS) is 20.5. The third kappa shape index (κ3) is 4.91. The van der Waals surface area contributed by atoms with Crippen molar-refractivity contribution in [3.05, 3.63) is 36.4 Å². The van der Waals surface area contributed by atoms with Gasteiger partial charge in [-0.15, -0.1) is 0 Å². The van der Waals surface area contributed by atoms with Crippen molar-refractivity contribution < 1.29 is 19.2 Å². The summed E-state index contributed by atoms with van der Waals surface area (Å²) in [6.07, 6.45) is 6.89. The fourth-order valence-electron chi connectivity index (χ4n) is 3.84. The van der Waals surface area contributed by atoms with Crippen LogP contribution in [0.15, 0.2) is 36.4 Å². The second kappa shape index (κ2) is 9.49. The second-order valence-electron chi connectivity index (χ2n) is 7.48. The summed E-state index contributed by atoms with van der Waals surface area (Å²) in [5.41, 5.74) is 1.09. The summed E-state index contributed by atoms with van der Waals surface area (Å²) in [5.74, 6) is -1.03. The van der Waals surface area contributed by atoms with Gasteiger partial charge in [0.25, 0.3) is 0 Å². The molecule has 0 bridgehead atoms. The van der Waals surface area contributed by atoms with Crippen molar-refractivity contribution in [3.8, 4) is 0 Å². The van der Waals surface area contributed by atoms with Crippen molar-refractivity contribution in [3.63, 3.8) is 0 Å². The molecule has 2 atom stereocenters. The van der Waals surface area contributed by atoms with Crippen LogP contribution < -0.4 is 10.6 Å². The number of hydrogen-bond acceptors (Lipinski definition) is 4. The van der Waals surface area contributed by atoms with E-state index in [0.717, 1.165) is 6.42 Å². The Morgan fingerprint density at radius 1 is 0.931 bits per heavy atom. The fourth-order valence-corrected chi connectivity index (χ4v) is 3.84. The predicted octanol–water partition coefficient (Wildman–Crippen LogP) is 3.10. The number of carbonyl (C=O) groups excluding carboxylic acids is 4. The number of fused-ring (bicyclic) bond motifs is 1. The molecule has 7 nitrogen and oxygen atoms in total. The summed E-state index contributed by atoms with van der Waals surface area (Å²) in [6.45, 7) is 2.18. The van der Waals surface area contributed by atoms with E-state index in [9.17, 15) is 19.2 Å². The molecule has 154 valence electrons. The van der Waals surface area contributed by atoms with Crippen LogP contribution in [0.4, 0.5) is 11.4 Å². The molecule has 1 aliphatic carbocycles. The average Bonchev–Trinajstić information content (AvgIpc) is 2.95. The van der Waals surface area contributed by atoms with Crippen LogP contribution in [0, 0.1) is 11.8 Å². The van der Waals surface area contributed by atoms with Gasteiger partial charge in [-0.2, -0.15) is 0 Å². The van der Waals surface area contributed by atoms with Crippen molar-refractivity contribution in [1.82, 2.24) is 4.90 Å². The number of hydrogen-bond donors (Lipinski definition) is 2. The number of allylic oxidation sites excluding steroid dienone is 2. The van der Waals surface area contributed by atoms with Gasteiger partial charge in [-0.1, -0.05) is 31.2 Å². The van der Waals surface area contributed by atoms with E-state index in [1.165, 1.54) is 4.90 Å². The Balaban J connectivity index is 1.50. The zero-order valence-corrected chi connectivity index (χ0v) is 16.6. The second-order valence-corrected chi connectivity index (χ2v) is 7.48. The molecule has 0 aromatic heterocycles. The maximum atomic E-state index is 12.4. The lowest BCUT2D eigenvalue weighted by molar-refractivity contribution is -0.140. The number of imide groups is 1. The molecule has 2 N–H and O–H groups in total. The quantitative estimate of drug-likeness (QED) is 0.520. The van der Waals surface area contributed by atoms with Gasteiger partial charge in [-0.25, -0.2) is 0 Å². The third-order valence-corrected chi connectivity index (χ3v) is 5.34. The van der Waals surface area contributed by atoms with Crippen LogP contribution in [-0.2, 0) is 19.2 Å². The van der Waals surface area contributed by atoms with Crippen LogP contribution in [0.2, 0.25) is 0 Å². The topological polar surface area (TPSA) is 95.6 Å². The molecule has 0 spiro atoms. The highest BCUT2D eigenvalue weighted by atomic mass is 16.2. The number of anilines is 2. The average molecular weight is 397 g/mol. The van der Waals surface area contributed by atoms with E-state index in [0.29, 0.717) is 37.1 Å². The molecule has 4 amide bonds. The van der Waals surface area contributed by atoms with Gasteiger partial charge in [-0.3, -0.25) is 24.1 Å². The summed E-state index contributed by atoms with van der Waals surface area (Å²) in [5, 5.41) is 5.60. The summed E-state index contributed by atoms with van der Waals surface area (Å²) in [4.78, 5) is 50.4. The van der Waals surface area contributed by atoms with E-state index in [1.807, 2.05) is 19.1 Å². The number of amides is 4. The lowest BCUT2D eigenvalue weighted by atomic mass is 9.85. The highest BCUT2D eigenvalue weighted by Crippen LogP contribution is 2.35. The van der Waals surface area contributed by atoms with Crippen molar-refractivity contribution in [2.75, 3.05) is 17.2 Å². The van der Waals surface area contributed by atoms with Crippen LogP contribution in [0.5, 0.6) is 0 Å². The van der Waals surface area contributed by atoms with Gasteiger partial charge in [0.1, 0.15) is 0 Å². The van der Waals surface area contributed by atoms with E-state index in [-0.39, 0.29) is 48.4 Å². The smallest absolute Gasteiger partial charge is 0.233 e. The minimum Gasteiger partial charge on any atom is -0.324 e. The molecule has 0 saturated carbocycles. The number of nitrogens with one attached hydrogen (secondary N) is 2. The molecule has 1 aromatic carbocycles. The number of likely N-dealkylation sites (tertiary alicyclic amines) is 1. The van der Waals surface area contributed by atoms with E-state index in [4.69, 9.17) is 0 Å². The van der Waals surface area contributed by atoms with Crippen molar-refractivity contribution in [2.24, 2.45) is 11.8 Å². The van der Waals surface area contributed by atoms with Gasteiger partial charge in [0.15, 0.2) is 0 Å². The molecule has 1 fully saturated rings. The number of rotatable bonds is 8. The molecule has 3 rings (SSSR count). The molecule has 1 aliphatic heterocycles. The molecule has 0 radical (unpaired) electrons. The Hall–Kier alpha value is -2.96. The van der Waals surface area contributed by atoms with Crippen LogP contribution in [-0.4, -0.2) is 35.1 Å². The molecular formula is C22H27N3O4. The van der Waals surface area contributed by atoms with Crippen molar-refractivity contribution in [1.29, 1.82) is 0 Å². The molecule has 1 heterocycles. The molecule has 0 unspecified atom stereocenters. The predicted molar refractivity (Wildman–Crippen MR) is 110 cm³/mol. The van der Waals surface area contributed by atoms with Crippen LogP contribution in [0.1, 0.15) is 45.4 Å². The number of nitrogens with zero attached hydrogens (tertiary/aromatic N) is 1. The highest BCUT2D eigenvalue weighted by Gasteiger charge is 2.46. The van der Waals surface area contributed by atoms with Gasteiger partial charge < -0.3 is 10.6 Å². The lowest BCUT2D eigenvalue weighted by Crippen LogP contribution is -2.32.